The van der Waals surface area contributed by atoms with Gasteiger partial charge in [-0.2, -0.15) is 0 Å². The Labute approximate surface area is 115 Å². The third kappa shape index (κ3) is 1.29. The van der Waals surface area contributed by atoms with Crippen molar-refractivity contribution >= 4 is 28.2 Å². The first kappa shape index (κ1) is 9.89. The van der Waals surface area contributed by atoms with Crippen LogP contribution in [0.3, 0.4) is 0 Å². The summed E-state index contributed by atoms with van der Waals surface area (Å²) < 4.78 is 1.36. The van der Waals surface area contributed by atoms with Gasteiger partial charge in [-0.1, -0.05) is 30.3 Å². The maximum Gasteiger partial charge on any atom is 0.0139 e. The Morgan fingerprint density at radius 2 is 1.76 bits per heavy atom. The van der Waals surface area contributed by atoms with Gasteiger partial charge in [-0.15, -0.1) is 0 Å². The summed E-state index contributed by atoms with van der Waals surface area (Å²) in [6.45, 7) is 0. The van der Waals surface area contributed by atoms with Gasteiger partial charge in [0.15, 0.2) is 0 Å². The molecule has 4 rings (SSSR count). The molecule has 2 aliphatic carbocycles. The average molecular weight is 330 g/mol. The van der Waals surface area contributed by atoms with Crippen molar-refractivity contribution in [1.29, 1.82) is 0 Å². The molecule has 0 amide bonds. The van der Waals surface area contributed by atoms with E-state index in [1.165, 1.54) is 49.8 Å². The lowest BCUT2D eigenvalue weighted by molar-refractivity contribution is 0.980. The number of hydrogen-bond donors (Lipinski definition) is 0. The Morgan fingerprint density at radius 3 is 2.65 bits per heavy atom. The Balaban J connectivity index is 2.17. The number of allylic oxidation sites excluding steroid dienone is 1. The Hall–Kier alpha value is -1.09. The van der Waals surface area contributed by atoms with Crippen LogP contribution in [0.5, 0.6) is 0 Å². The van der Waals surface area contributed by atoms with E-state index in [-0.39, 0.29) is 0 Å². The van der Waals surface area contributed by atoms with Crippen molar-refractivity contribution in [3.05, 3.63) is 62.7 Å². The van der Waals surface area contributed by atoms with Gasteiger partial charge in [0.2, 0.25) is 0 Å². The van der Waals surface area contributed by atoms with Gasteiger partial charge in [0.1, 0.15) is 0 Å². The van der Waals surface area contributed by atoms with Crippen molar-refractivity contribution in [2.24, 2.45) is 0 Å². The van der Waals surface area contributed by atoms with E-state index in [1.807, 2.05) is 0 Å². The fourth-order valence-electron chi connectivity index (χ4n) is 3.06. The maximum atomic E-state index is 2.43. The molecule has 17 heavy (non-hydrogen) atoms. The van der Waals surface area contributed by atoms with Gasteiger partial charge in [-0.05, 0) is 81.0 Å². The molecule has 82 valence electrons. The summed E-state index contributed by atoms with van der Waals surface area (Å²) in [5, 5.41) is 0. The third-order valence-corrected chi connectivity index (χ3v) is 4.35. The highest BCUT2D eigenvalue weighted by Crippen LogP contribution is 2.48. The Morgan fingerprint density at radius 1 is 0.941 bits per heavy atom. The van der Waals surface area contributed by atoms with Gasteiger partial charge in [-0.3, -0.25) is 0 Å². The molecule has 0 atom stereocenters. The zero-order valence-electron chi connectivity index (χ0n) is 9.33. The zero-order valence-corrected chi connectivity index (χ0v) is 11.5. The lowest BCUT2D eigenvalue weighted by atomic mass is 9.90. The number of benzene rings is 2. The molecule has 0 aliphatic heterocycles. The lowest BCUT2D eigenvalue weighted by Gasteiger charge is -2.15. The summed E-state index contributed by atoms with van der Waals surface area (Å²) in [6.07, 6.45) is 4.78. The summed E-state index contributed by atoms with van der Waals surface area (Å²) in [7, 11) is 0. The van der Waals surface area contributed by atoms with Crippen LogP contribution in [-0.4, -0.2) is 0 Å². The molecule has 0 spiro atoms. The Bertz CT molecular complexity index is 665. The molecular weight excluding hydrogens is 319 g/mol. The number of halogens is 1. The SMILES string of the molecule is Ic1cc2c3c(c1)-c1ccccc1C3=CCC2. The second kappa shape index (κ2) is 3.45. The van der Waals surface area contributed by atoms with Crippen LogP contribution in [0.1, 0.15) is 23.1 Å². The van der Waals surface area contributed by atoms with Crippen molar-refractivity contribution in [2.45, 2.75) is 12.8 Å². The number of hydrogen-bond acceptors (Lipinski definition) is 0. The summed E-state index contributed by atoms with van der Waals surface area (Å²) in [5.74, 6) is 0. The summed E-state index contributed by atoms with van der Waals surface area (Å²) in [5.41, 5.74) is 8.76. The zero-order chi connectivity index (χ0) is 11.4. The fourth-order valence-corrected chi connectivity index (χ4v) is 3.75. The molecule has 0 fully saturated rings. The molecule has 0 bridgehead atoms. The predicted molar refractivity (Wildman–Crippen MR) is 80.0 cm³/mol. The van der Waals surface area contributed by atoms with Crippen LogP contribution in [0, 0.1) is 3.57 Å². The quantitative estimate of drug-likeness (QED) is 0.527. The minimum Gasteiger partial charge on any atom is -0.0757 e. The highest BCUT2D eigenvalue weighted by molar-refractivity contribution is 14.1. The topological polar surface area (TPSA) is 0 Å². The van der Waals surface area contributed by atoms with Gasteiger partial charge >= 0.3 is 0 Å². The molecule has 0 radical (unpaired) electrons. The average Bonchev–Trinajstić information content (AvgIpc) is 2.67. The van der Waals surface area contributed by atoms with E-state index in [0.29, 0.717) is 0 Å². The van der Waals surface area contributed by atoms with E-state index in [9.17, 15) is 0 Å². The van der Waals surface area contributed by atoms with Gasteiger partial charge in [0.05, 0.1) is 0 Å². The number of rotatable bonds is 0. The van der Waals surface area contributed by atoms with Crippen LogP contribution in [0.25, 0.3) is 16.7 Å². The van der Waals surface area contributed by atoms with Crippen molar-refractivity contribution < 1.29 is 0 Å². The summed E-state index contributed by atoms with van der Waals surface area (Å²) >= 11 is 2.43. The van der Waals surface area contributed by atoms with Gasteiger partial charge in [0, 0.05) is 3.57 Å². The van der Waals surface area contributed by atoms with Crippen LogP contribution in [-0.2, 0) is 6.42 Å². The molecule has 2 aliphatic rings. The molecule has 0 nitrogen and oxygen atoms in total. The molecular formula is C16H11I. The van der Waals surface area contributed by atoms with Gasteiger partial charge < -0.3 is 0 Å². The van der Waals surface area contributed by atoms with E-state index in [2.05, 4.69) is 65.1 Å². The molecule has 0 unspecified atom stereocenters. The third-order valence-electron chi connectivity index (χ3n) is 3.72. The van der Waals surface area contributed by atoms with Crippen LogP contribution >= 0.6 is 22.6 Å². The number of aryl methyl sites for hydroxylation is 1. The van der Waals surface area contributed by atoms with E-state index < -0.39 is 0 Å². The summed E-state index contributed by atoms with van der Waals surface area (Å²) in [6, 6.07) is 13.5. The molecule has 1 heteroatoms. The van der Waals surface area contributed by atoms with E-state index >= 15 is 0 Å². The normalized spacial score (nSPS) is 15.2. The first-order valence-corrected chi connectivity index (χ1v) is 7.05. The highest BCUT2D eigenvalue weighted by atomic mass is 127. The van der Waals surface area contributed by atoms with E-state index in [4.69, 9.17) is 0 Å². The standard InChI is InChI=1S/C16H11I/c17-11-8-10-4-3-7-14-12-5-1-2-6-13(12)15(9-11)16(10)14/h1-2,5-9H,3-4H2. The van der Waals surface area contributed by atoms with Gasteiger partial charge in [0.25, 0.3) is 0 Å². The second-order valence-electron chi connectivity index (χ2n) is 4.69. The molecule has 2 aromatic carbocycles. The minimum absolute atomic E-state index is 1.18. The minimum atomic E-state index is 1.18. The Kier molecular flexibility index (Phi) is 2.01. The van der Waals surface area contributed by atoms with Crippen molar-refractivity contribution in [3.63, 3.8) is 0 Å². The molecule has 0 saturated carbocycles. The monoisotopic (exact) mass is 330 g/mol. The van der Waals surface area contributed by atoms with E-state index in [0.717, 1.165) is 0 Å². The molecule has 0 N–H and O–H groups in total. The van der Waals surface area contributed by atoms with Crippen LogP contribution in [0.2, 0.25) is 0 Å². The van der Waals surface area contributed by atoms with Crippen LogP contribution < -0.4 is 0 Å². The maximum absolute atomic E-state index is 2.43. The predicted octanol–water partition coefficient (Wildman–Crippen LogP) is 4.65. The lowest BCUT2D eigenvalue weighted by Crippen LogP contribution is -1.98. The first-order valence-electron chi connectivity index (χ1n) is 5.97. The number of fused-ring (bicyclic) bond motifs is 3. The molecule has 0 saturated heterocycles. The molecule has 0 heterocycles. The smallest absolute Gasteiger partial charge is 0.0139 e. The van der Waals surface area contributed by atoms with Crippen molar-refractivity contribution in [1.82, 2.24) is 0 Å². The van der Waals surface area contributed by atoms with Crippen LogP contribution in [0.4, 0.5) is 0 Å². The van der Waals surface area contributed by atoms with Crippen molar-refractivity contribution in [2.75, 3.05) is 0 Å². The van der Waals surface area contributed by atoms with Gasteiger partial charge in [-0.25, -0.2) is 0 Å². The fraction of sp³-hybridized carbons (Fsp3) is 0.125. The molecule has 0 aromatic heterocycles. The second-order valence-corrected chi connectivity index (χ2v) is 5.94. The highest BCUT2D eigenvalue weighted by Gasteiger charge is 2.27. The van der Waals surface area contributed by atoms with E-state index in [1.54, 1.807) is 0 Å². The largest absolute Gasteiger partial charge is 0.0757 e. The van der Waals surface area contributed by atoms with Crippen LogP contribution in [0.15, 0.2) is 42.5 Å². The van der Waals surface area contributed by atoms with Crippen molar-refractivity contribution in [3.8, 4) is 11.1 Å². The first-order chi connectivity index (χ1) is 8.34. The summed E-state index contributed by atoms with van der Waals surface area (Å²) in [4.78, 5) is 0. The molecule has 2 aromatic rings.